The van der Waals surface area contributed by atoms with Crippen molar-refractivity contribution < 1.29 is 14.3 Å². The number of benzene rings is 2. The van der Waals surface area contributed by atoms with E-state index in [0.29, 0.717) is 22.4 Å². The SMILES string of the molecule is CC1(c2cccc(C#N)c2)NC(=O)N(CCOc2ccc(C#N)cc2)C1=O. The normalized spacial score (nSPS) is 18.6. The third kappa shape index (κ3) is 3.44. The molecule has 1 unspecified atom stereocenters. The lowest BCUT2D eigenvalue weighted by Gasteiger charge is -2.22. The molecule has 1 saturated heterocycles. The van der Waals surface area contributed by atoms with Crippen molar-refractivity contribution >= 4 is 11.9 Å². The van der Waals surface area contributed by atoms with Crippen LogP contribution in [-0.4, -0.2) is 30.0 Å². The molecule has 1 fully saturated rings. The third-order valence-corrected chi connectivity index (χ3v) is 4.41. The summed E-state index contributed by atoms with van der Waals surface area (Å²) in [4.78, 5) is 26.2. The Bertz CT molecular complexity index is 972. The van der Waals surface area contributed by atoms with Crippen LogP contribution >= 0.6 is 0 Å². The molecule has 1 heterocycles. The number of carbonyl (C=O) groups is 2. The monoisotopic (exact) mass is 360 g/mol. The molecule has 7 heteroatoms. The number of hydrogen-bond acceptors (Lipinski definition) is 5. The van der Waals surface area contributed by atoms with Crippen molar-refractivity contribution in [2.24, 2.45) is 0 Å². The molecule has 0 aromatic heterocycles. The van der Waals surface area contributed by atoms with Crippen molar-refractivity contribution in [3.05, 3.63) is 65.2 Å². The van der Waals surface area contributed by atoms with Crippen LogP contribution in [0.4, 0.5) is 4.79 Å². The van der Waals surface area contributed by atoms with Gasteiger partial charge in [-0.25, -0.2) is 4.79 Å². The maximum absolute atomic E-state index is 12.8. The Labute approximate surface area is 156 Å². The van der Waals surface area contributed by atoms with Crippen molar-refractivity contribution in [2.45, 2.75) is 12.5 Å². The molecule has 1 atom stereocenters. The summed E-state index contributed by atoms with van der Waals surface area (Å²) in [6.45, 7) is 1.82. The van der Waals surface area contributed by atoms with E-state index in [1.807, 2.05) is 12.1 Å². The van der Waals surface area contributed by atoms with E-state index < -0.39 is 17.5 Å². The second-order valence-corrected chi connectivity index (χ2v) is 6.19. The van der Waals surface area contributed by atoms with Gasteiger partial charge >= 0.3 is 6.03 Å². The molecule has 1 aliphatic heterocycles. The summed E-state index contributed by atoms with van der Waals surface area (Å²) >= 11 is 0. The molecule has 0 aliphatic carbocycles. The van der Waals surface area contributed by atoms with Gasteiger partial charge in [0.1, 0.15) is 17.9 Å². The van der Waals surface area contributed by atoms with Gasteiger partial charge in [0.2, 0.25) is 0 Å². The van der Waals surface area contributed by atoms with Crippen LogP contribution < -0.4 is 10.1 Å². The average Bonchev–Trinajstić information content (AvgIpc) is 2.92. The number of ether oxygens (including phenoxy) is 1. The Morgan fingerprint density at radius 1 is 1.07 bits per heavy atom. The van der Waals surface area contributed by atoms with Gasteiger partial charge in [-0.3, -0.25) is 9.69 Å². The number of hydrogen-bond donors (Lipinski definition) is 1. The van der Waals surface area contributed by atoms with E-state index >= 15 is 0 Å². The fraction of sp³-hybridized carbons (Fsp3) is 0.200. The second-order valence-electron chi connectivity index (χ2n) is 6.19. The summed E-state index contributed by atoms with van der Waals surface area (Å²) in [6, 6.07) is 16.7. The highest BCUT2D eigenvalue weighted by atomic mass is 16.5. The molecule has 2 aromatic rings. The number of amides is 3. The average molecular weight is 360 g/mol. The first kappa shape index (κ1) is 18.0. The van der Waals surface area contributed by atoms with E-state index in [4.69, 9.17) is 15.3 Å². The predicted octanol–water partition coefficient (Wildman–Crippen LogP) is 2.28. The number of nitrogens with zero attached hydrogens (tertiary/aromatic N) is 3. The lowest BCUT2D eigenvalue weighted by molar-refractivity contribution is -0.131. The molecule has 2 aromatic carbocycles. The smallest absolute Gasteiger partial charge is 0.325 e. The van der Waals surface area contributed by atoms with Crippen LogP contribution in [0.3, 0.4) is 0 Å². The minimum Gasteiger partial charge on any atom is -0.492 e. The molecule has 7 nitrogen and oxygen atoms in total. The zero-order valence-electron chi connectivity index (χ0n) is 14.6. The Kier molecular flexibility index (Phi) is 4.78. The highest BCUT2D eigenvalue weighted by Gasteiger charge is 2.48. The Balaban J connectivity index is 1.68. The van der Waals surface area contributed by atoms with Crippen molar-refractivity contribution in [3.8, 4) is 17.9 Å². The van der Waals surface area contributed by atoms with Gasteiger partial charge in [-0.2, -0.15) is 10.5 Å². The van der Waals surface area contributed by atoms with Gasteiger partial charge in [-0.05, 0) is 48.9 Å². The van der Waals surface area contributed by atoms with Crippen molar-refractivity contribution in [3.63, 3.8) is 0 Å². The third-order valence-electron chi connectivity index (χ3n) is 4.41. The molecule has 0 bridgehead atoms. The van der Waals surface area contributed by atoms with Crippen molar-refractivity contribution in [1.29, 1.82) is 10.5 Å². The van der Waals surface area contributed by atoms with Crippen molar-refractivity contribution in [1.82, 2.24) is 10.2 Å². The van der Waals surface area contributed by atoms with Crippen LogP contribution in [0.2, 0.25) is 0 Å². The summed E-state index contributed by atoms with van der Waals surface area (Å²) < 4.78 is 5.55. The van der Waals surface area contributed by atoms with E-state index in [2.05, 4.69) is 5.32 Å². The van der Waals surface area contributed by atoms with Crippen molar-refractivity contribution in [2.75, 3.05) is 13.2 Å². The molecule has 134 valence electrons. The molecule has 1 N–H and O–H groups in total. The standard InChI is InChI=1S/C20H16N4O3/c1-20(16-4-2-3-15(11-16)13-22)18(25)24(19(26)23-20)9-10-27-17-7-5-14(12-21)6-8-17/h2-8,11H,9-10H2,1H3,(H,23,26). The number of nitriles is 2. The molecule has 3 rings (SSSR count). The summed E-state index contributed by atoms with van der Waals surface area (Å²) in [7, 11) is 0. The van der Waals surface area contributed by atoms with Crippen LogP contribution in [0, 0.1) is 22.7 Å². The lowest BCUT2D eigenvalue weighted by Crippen LogP contribution is -2.41. The van der Waals surface area contributed by atoms with Crippen LogP contribution in [0.25, 0.3) is 0 Å². The van der Waals surface area contributed by atoms with Gasteiger partial charge in [-0.1, -0.05) is 12.1 Å². The van der Waals surface area contributed by atoms with Crippen LogP contribution in [0.15, 0.2) is 48.5 Å². The van der Waals surface area contributed by atoms with E-state index in [0.717, 1.165) is 4.90 Å². The Morgan fingerprint density at radius 3 is 2.44 bits per heavy atom. The summed E-state index contributed by atoms with van der Waals surface area (Å²) in [5.74, 6) is 0.150. The maximum atomic E-state index is 12.8. The van der Waals surface area contributed by atoms with Gasteiger partial charge in [0.15, 0.2) is 0 Å². The largest absolute Gasteiger partial charge is 0.492 e. The fourth-order valence-electron chi connectivity index (χ4n) is 2.88. The quantitative estimate of drug-likeness (QED) is 0.823. The van der Waals surface area contributed by atoms with Gasteiger partial charge in [-0.15, -0.1) is 0 Å². The minimum absolute atomic E-state index is 0.0815. The molecular formula is C20H16N4O3. The fourth-order valence-corrected chi connectivity index (χ4v) is 2.88. The minimum atomic E-state index is -1.22. The number of imide groups is 1. The highest BCUT2D eigenvalue weighted by Crippen LogP contribution is 2.29. The molecule has 27 heavy (non-hydrogen) atoms. The molecule has 0 saturated carbocycles. The van der Waals surface area contributed by atoms with Gasteiger partial charge < -0.3 is 10.1 Å². The molecule has 3 amide bonds. The van der Waals surface area contributed by atoms with E-state index in [1.165, 1.54) is 0 Å². The summed E-state index contributed by atoms with van der Waals surface area (Å²) in [5, 5.41) is 20.5. The zero-order chi connectivity index (χ0) is 19.4. The van der Waals surface area contributed by atoms with Gasteiger partial charge in [0.25, 0.3) is 5.91 Å². The van der Waals surface area contributed by atoms with E-state index in [1.54, 1.807) is 55.5 Å². The summed E-state index contributed by atoms with van der Waals surface area (Å²) in [6.07, 6.45) is 0. The lowest BCUT2D eigenvalue weighted by atomic mass is 9.91. The maximum Gasteiger partial charge on any atom is 0.325 e. The molecule has 0 radical (unpaired) electrons. The second kappa shape index (κ2) is 7.19. The van der Waals surface area contributed by atoms with Crippen LogP contribution in [-0.2, 0) is 10.3 Å². The topological polar surface area (TPSA) is 106 Å². The van der Waals surface area contributed by atoms with Gasteiger partial charge in [0, 0.05) is 0 Å². The summed E-state index contributed by atoms with van der Waals surface area (Å²) in [5.41, 5.74) is 0.263. The van der Waals surface area contributed by atoms with Gasteiger partial charge in [0.05, 0.1) is 29.8 Å². The predicted molar refractivity (Wildman–Crippen MR) is 95.4 cm³/mol. The van der Waals surface area contributed by atoms with E-state index in [-0.39, 0.29) is 13.2 Å². The van der Waals surface area contributed by atoms with E-state index in [9.17, 15) is 9.59 Å². The first-order valence-corrected chi connectivity index (χ1v) is 8.25. The zero-order valence-corrected chi connectivity index (χ0v) is 14.6. The molecule has 0 spiro atoms. The number of carbonyl (C=O) groups excluding carboxylic acids is 2. The highest BCUT2D eigenvalue weighted by molar-refractivity contribution is 6.07. The van der Waals surface area contributed by atoms with Crippen LogP contribution in [0.5, 0.6) is 5.75 Å². The first-order valence-electron chi connectivity index (χ1n) is 8.25. The number of nitrogens with one attached hydrogen (secondary N) is 1. The Hall–Kier alpha value is -3.84. The Morgan fingerprint density at radius 2 is 1.78 bits per heavy atom. The van der Waals surface area contributed by atoms with Crippen LogP contribution in [0.1, 0.15) is 23.6 Å². The molecular weight excluding hydrogens is 344 g/mol. The first-order chi connectivity index (χ1) is 13.0. The number of rotatable bonds is 5. The molecule has 1 aliphatic rings. The number of urea groups is 1.